The van der Waals surface area contributed by atoms with E-state index in [1.165, 1.54) is 42.5 Å². The van der Waals surface area contributed by atoms with Crippen molar-refractivity contribution >= 4 is 23.0 Å². The van der Waals surface area contributed by atoms with Crippen molar-refractivity contribution in [3.63, 3.8) is 0 Å². The molecule has 0 spiro atoms. The number of hydrogen-bond acceptors (Lipinski definition) is 3. The minimum absolute atomic E-state index is 0.272. The minimum Gasteiger partial charge on any atom is -0.478 e. The van der Waals surface area contributed by atoms with Crippen LogP contribution in [0.25, 0.3) is 0 Å². The van der Waals surface area contributed by atoms with Crippen molar-refractivity contribution in [3.8, 4) is 0 Å². The van der Waals surface area contributed by atoms with Gasteiger partial charge in [-0.25, -0.2) is 4.79 Å². The van der Waals surface area contributed by atoms with Crippen LogP contribution in [0.2, 0.25) is 0 Å². The van der Waals surface area contributed by atoms with Gasteiger partial charge in [-0.15, -0.1) is 0 Å². The number of para-hydroxylation sites is 1. The zero-order chi connectivity index (χ0) is 23.5. The van der Waals surface area contributed by atoms with Gasteiger partial charge in [0.1, 0.15) is 0 Å². The van der Waals surface area contributed by atoms with E-state index in [4.69, 9.17) is 0 Å². The Bertz CT molecular complexity index is 1010. The molecular formula is C29H36N2O2. The molecule has 0 saturated carbocycles. The highest BCUT2D eigenvalue weighted by Crippen LogP contribution is 2.23. The van der Waals surface area contributed by atoms with E-state index in [1.54, 1.807) is 18.2 Å². The number of carboxylic acid groups (broad SMARTS) is 1. The van der Waals surface area contributed by atoms with Crippen LogP contribution in [0, 0.1) is 0 Å². The Morgan fingerprint density at radius 3 is 2.15 bits per heavy atom. The third-order valence-corrected chi connectivity index (χ3v) is 5.93. The molecule has 0 bridgehead atoms. The summed E-state index contributed by atoms with van der Waals surface area (Å²) >= 11 is 0. The van der Waals surface area contributed by atoms with Crippen molar-refractivity contribution in [2.75, 3.05) is 23.3 Å². The maximum absolute atomic E-state index is 11.4. The lowest BCUT2D eigenvalue weighted by atomic mass is 10.0. The Labute approximate surface area is 198 Å². The monoisotopic (exact) mass is 444 g/mol. The van der Waals surface area contributed by atoms with Crippen molar-refractivity contribution in [3.05, 3.63) is 89.5 Å². The molecule has 0 atom stereocenters. The second-order valence-electron chi connectivity index (χ2n) is 8.54. The van der Waals surface area contributed by atoms with Crippen LogP contribution in [0.1, 0.15) is 61.0 Å². The lowest BCUT2D eigenvalue weighted by molar-refractivity contribution is 0.0698. The fraction of sp³-hybridized carbons (Fsp3) is 0.345. The number of carboxylic acids is 1. The van der Waals surface area contributed by atoms with Crippen LogP contribution in [-0.4, -0.2) is 24.2 Å². The molecule has 0 aliphatic rings. The quantitative estimate of drug-likeness (QED) is 0.290. The molecule has 0 heterocycles. The molecule has 4 heteroatoms. The fourth-order valence-corrected chi connectivity index (χ4v) is 3.95. The summed E-state index contributed by atoms with van der Waals surface area (Å²) in [7, 11) is 0. The number of nitrogens with zero attached hydrogens (tertiary/aromatic N) is 1. The van der Waals surface area contributed by atoms with Gasteiger partial charge in [-0.3, -0.25) is 0 Å². The van der Waals surface area contributed by atoms with Crippen molar-refractivity contribution in [2.45, 2.75) is 52.4 Å². The average Bonchev–Trinajstić information content (AvgIpc) is 2.84. The average molecular weight is 445 g/mol. The van der Waals surface area contributed by atoms with Crippen molar-refractivity contribution in [1.29, 1.82) is 0 Å². The standard InChI is InChI=1S/C29H36N2O2/c1-3-5-20-31(21-6-4-2)26-11-9-10-24(22-26)15-14-23-16-18-25(19-17-23)30-28-13-8-7-12-27(28)29(32)33/h7-13,16-19,22,30H,3-6,14-15,20-21H2,1-2H3,(H,32,33). The fourth-order valence-electron chi connectivity index (χ4n) is 3.95. The Hall–Kier alpha value is -3.27. The Morgan fingerprint density at radius 1 is 0.818 bits per heavy atom. The van der Waals surface area contributed by atoms with Gasteiger partial charge in [-0.05, 0) is 73.2 Å². The molecule has 0 aliphatic heterocycles. The summed E-state index contributed by atoms with van der Waals surface area (Å²) in [5.74, 6) is -0.931. The summed E-state index contributed by atoms with van der Waals surface area (Å²) < 4.78 is 0. The highest BCUT2D eigenvalue weighted by atomic mass is 16.4. The summed E-state index contributed by atoms with van der Waals surface area (Å²) in [6.45, 7) is 6.75. The van der Waals surface area contributed by atoms with Gasteiger partial charge < -0.3 is 15.3 Å². The number of unbranched alkanes of at least 4 members (excludes halogenated alkanes) is 2. The van der Waals surface area contributed by atoms with Crippen LogP contribution in [0.15, 0.2) is 72.8 Å². The number of carbonyl (C=O) groups is 1. The van der Waals surface area contributed by atoms with Crippen molar-refractivity contribution < 1.29 is 9.90 Å². The van der Waals surface area contributed by atoms with Gasteiger partial charge in [-0.1, -0.05) is 63.1 Å². The molecule has 0 radical (unpaired) electrons. The molecule has 0 aliphatic carbocycles. The third-order valence-electron chi connectivity index (χ3n) is 5.93. The lowest BCUT2D eigenvalue weighted by Gasteiger charge is -2.25. The van der Waals surface area contributed by atoms with E-state index in [0.29, 0.717) is 5.69 Å². The SMILES string of the molecule is CCCCN(CCCC)c1cccc(CCc2ccc(Nc3ccccc3C(=O)O)cc2)c1. The van der Waals surface area contributed by atoms with E-state index in [-0.39, 0.29) is 5.56 Å². The van der Waals surface area contributed by atoms with E-state index < -0.39 is 5.97 Å². The first-order valence-electron chi connectivity index (χ1n) is 12.1. The first-order valence-corrected chi connectivity index (χ1v) is 12.1. The Kier molecular flexibility index (Phi) is 9.37. The summed E-state index contributed by atoms with van der Waals surface area (Å²) in [5.41, 5.74) is 5.73. The van der Waals surface area contributed by atoms with E-state index in [2.05, 4.69) is 60.5 Å². The molecule has 0 fully saturated rings. The van der Waals surface area contributed by atoms with Crippen LogP contribution in [-0.2, 0) is 12.8 Å². The topological polar surface area (TPSA) is 52.6 Å². The Morgan fingerprint density at radius 2 is 1.48 bits per heavy atom. The zero-order valence-corrected chi connectivity index (χ0v) is 19.9. The molecule has 0 aromatic heterocycles. The van der Waals surface area contributed by atoms with Crippen LogP contribution in [0.3, 0.4) is 0 Å². The molecule has 33 heavy (non-hydrogen) atoms. The summed E-state index contributed by atoms with van der Waals surface area (Å²) in [6, 6.07) is 24.2. The normalized spacial score (nSPS) is 10.7. The molecule has 0 saturated heterocycles. The molecule has 4 nitrogen and oxygen atoms in total. The molecule has 3 aromatic carbocycles. The van der Waals surface area contributed by atoms with Gasteiger partial charge in [0.25, 0.3) is 0 Å². The van der Waals surface area contributed by atoms with Crippen LogP contribution >= 0.6 is 0 Å². The van der Waals surface area contributed by atoms with E-state index >= 15 is 0 Å². The van der Waals surface area contributed by atoms with E-state index in [9.17, 15) is 9.90 Å². The Balaban J connectivity index is 1.61. The van der Waals surface area contributed by atoms with Gasteiger partial charge in [0.15, 0.2) is 0 Å². The van der Waals surface area contributed by atoms with Gasteiger partial charge in [0.2, 0.25) is 0 Å². The number of benzene rings is 3. The highest BCUT2D eigenvalue weighted by molar-refractivity contribution is 5.95. The lowest BCUT2D eigenvalue weighted by Crippen LogP contribution is -2.25. The number of nitrogens with one attached hydrogen (secondary N) is 1. The van der Waals surface area contributed by atoms with Gasteiger partial charge in [-0.2, -0.15) is 0 Å². The van der Waals surface area contributed by atoms with Crippen LogP contribution in [0.4, 0.5) is 17.1 Å². The molecule has 3 aromatic rings. The largest absolute Gasteiger partial charge is 0.478 e. The minimum atomic E-state index is -0.931. The molecule has 0 unspecified atom stereocenters. The number of aryl methyl sites for hydroxylation is 2. The van der Waals surface area contributed by atoms with Gasteiger partial charge >= 0.3 is 5.97 Å². The summed E-state index contributed by atoms with van der Waals surface area (Å²) in [5, 5.41) is 12.6. The molecule has 2 N–H and O–H groups in total. The first kappa shape index (κ1) is 24.4. The molecule has 174 valence electrons. The zero-order valence-electron chi connectivity index (χ0n) is 19.9. The van der Waals surface area contributed by atoms with Crippen molar-refractivity contribution in [1.82, 2.24) is 0 Å². The smallest absolute Gasteiger partial charge is 0.337 e. The summed E-state index contributed by atoms with van der Waals surface area (Å²) in [4.78, 5) is 13.9. The maximum Gasteiger partial charge on any atom is 0.337 e. The molecule has 0 amide bonds. The van der Waals surface area contributed by atoms with E-state index in [1.807, 2.05) is 18.2 Å². The maximum atomic E-state index is 11.4. The summed E-state index contributed by atoms with van der Waals surface area (Å²) in [6.07, 6.45) is 6.86. The second kappa shape index (κ2) is 12.7. The number of rotatable bonds is 13. The number of anilines is 3. The van der Waals surface area contributed by atoms with Gasteiger partial charge in [0.05, 0.1) is 11.3 Å². The molecule has 3 rings (SSSR count). The predicted octanol–water partition coefficient (Wildman–Crippen LogP) is 7.32. The predicted molar refractivity (Wildman–Crippen MR) is 139 cm³/mol. The van der Waals surface area contributed by atoms with Gasteiger partial charge in [0, 0.05) is 24.5 Å². The number of aromatic carboxylic acids is 1. The van der Waals surface area contributed by atoms with E-state index in [0.717, 1.165) is 31.6 Å². The van der Waals surface area contributed by atoms with Crippen molar-refractivity contribution in [2.24, 2.45) is 0 Å². The molecular weight excluding hydrogens is 408 g/mol. The third kappa shape index (κ3) is 7.38. The number of hydrogen-bond donors (Lipinski definition) is 2. The van der Waals surface area contributed by atoms with Crippen LogP contribution < -0.4 is 10.2 Å². The first-order chi connectivity index (χ1) is 16.1. The second-order valence-corrected chi connectivity index (χ2v) is 8.54. The highest BCUT2D eigenvalue weighted by Gasteiger charge is 2.09. The van der Waals surface area contributed by atoms with Crippen LogP contribution in [0.5, 0.6) is 0 Å².